The summed E-state index contributed by atoms with van der Waals surface area (Å²) in [6, 6.07) is 11.2. The third kappa shape index (κ3) is 3.06. The Morgan fingerprint density at radius 3 is 2.53 bits per heavy atom. The lowest BCUT2D eigenvalue weighted by atomic mass is 10.2. The number of thiophene rings is 1. The van der Waals surface area contributed by atoms with Crippen LogP contribution < -0.4 is 0 Å². The van der Waals surface area contributed by atoms with E-state index in [4.69, 9.17) is 10.4 Å². The SMILES string of the molecule is N#C/C(=C\c1ccc(-c2ccc(F)cc2)s1)C(=O)O. The maximum Gasteiger partial charge on any atom is 0.346 e. The van der Waals surface area contributed by atoms with Crippen molar-refractivity contribution in [2.75, 3.05) is 0 Å². The molecule has 2 rings (SSSR count). The van der Waals surface area contributed by atoms with E-state index in [1.165, 1.54) is 29.5 Å². The van der Waals surface area contributed by atoms with Crippen molar-refractivity contribution in [1.82, 2.24) is 0 Å². The Bertz CT molecular complexity index is 680. The third-order valence-corrected chi connectivity index (χ3v) is 3.47. The predicted molar refractivity (Wildman–Crippen MR) is 70.9 cm³/mol. The summed E-state index contributed by atoms with van der Waals surface area (Å²) < 4.78 is 12.8. The van der Waals surface area contributed by atoms with Crippen molar-refractivity contribution >= 4 is 23.4 Å². The molecule has 1 aromatic heterocycles. The number of nitrogens with zero attached hydrogens (tertiary/aromatic N) is 1. The lowest BCUT2D eigenvalue weighted by Crippen LogP contribution is -1.96. The maximum atomic E-state index is 12.8. The zero-order chi connectivity index (χ0) is 13.8. The molecule has 0 unspecified atom stereocenters. The van der Waals surface area contributed by atoms with Gasteiger partial charge in [0.2, 0.25) is 0 Å². The first-order valence-electron chi connectivity index (χ1n) is 5.31. The van der Waals surface area contributed by atoms with E-state index in [0.717, 1.165) is 10.4 Å². The van der Waals surface area contributed by atoms with Gasteiger partial charge in [-0.15, -0.1) is 11.3 Å². The predicted octanol–water partition coefficient (Wildman–Crippen LogP) is 3.55. The van der Waals surface area contributed by atoms with Crippen molar-refractivity contribution in [2.24, 2.45) is 0 Å². The Morgan fingerprint density at radius 2 is 1.95 bits per heavy atom. The molecule has 1 aromatic carbocycles. The van der Waals surface area contributed by atoms with E-state index < -0.39 is 5.97 Å². The lowest BCUT2D eigenvalue weighted by molar-refractivity contribution is -0.132. The number of hydrogen-bond acceptors (Lipinski definition) is 3. The third-order valence-electron chi connectivity index (χ3n) is 2.39. The fraction of sp³-hybridized carbons (Fsp3) is 0. The second kappa shape index (κ2) is 5.46. The van der Waals surface area contributed by atoms with Crippen LogP contribution in [0.3, 0.4) is 0 Å². The number of aliphatic carboxylic acids is 1. The average Bonchev–Trinajstić information content (AvgIpc) is 2.85. The number of halogens is 1. The molecule has 0 spiro atoms. The monoisotopic (exact) mass is 273 g/mol. The topological polar surface area (TPSA) is 61.1 Å². The highest BCUT2D eigenvalue weighted by molar-refractivity contribution is 7.16. The number of nitriles is 1. The Labute approximate surface area is 112 Å². The van der Waals surface area contributed by atoms with Gasteiger partial charge < -0.3 is 5.11 Å². The molecule has 2 aromatic rings. The van der Waals surface area contributed by atoms with Crippen LogP contribution >= 0.6 is 11.3 Å². The van der Waals surface area contributed by atoms with E-state index in [9.17, 15) is 9.18 Å². The highest BCUT2D eigenvalue weighted by atomic mass is 32.1. The normalized spacial score (nSPS) is 11.1. The zero-order valence-corrected chi connectivity index (χ0v) is 10.4. The van der Waals surface area contributed by atoms with Crippen molar-refractivity contribution in [3.8, 4) is 16.5 Å². The first kappa shape index (κ1) is 13.0. The van der Waals surface area contributed by atoms with E-state index in [1.54, 1.807) is 30.3 Å². The van der Waals surface area contributed by atoms with E-state index >= 15 is 0 Å². The summed E-state index contributed by atoms with van der Waals surface area (Å²) in [7, 11) is 0. The number of carboxylic acids is 1. The number of benzene rings is 1. The number of carbonyl (C=O) groups is 1. The van der Waals surface area contributed by atoms with E-state index in [2.05, 4.69) is 0 Å². The van der Waals surface area contributed by atoms with Crippen molar-refractivity contribution in [2.45, 2.75) is 0 Å². The second-order valence-corrected chi connectivity index (χ2v) is 4.80. The molecular formula is C14H8FNO2S. The summed E-state index contributed by atoms with van der Waals surface area (Å²) in [4.78, 5) is 12.3. The fourth-order valence-corrected chi connectivity index (χ4v) is 2.44. The van der Waals surface area contributed by atoms with Gasteiger partial charge in [-0.1, -0.05) is 12.1 Å². The molecule has 3 nitrogen and oxygen atoms in total. The van der Waals surface area contributed by atoms with Gasteiger partial charge in [-0.05, 0) is 35.9 Å². The molecule has 0 radical (unpaired) electrons. The molecule has 0 atom stereocenters. The molecule has 0 aliphatic heterocycles. The van der Waals surface area contributed by atoms with E-state index in [0.29, 0.717) is 4.88 Å². The van der Waals surface area contributed by atoms with Gasteiger partial charge in [-0.2, -0.15) is 5.26 Å². The molecule has 0 aliphatic rings. The molecular weight excluding hydrogens is 265 g/mol. The van der Waals surface area contributed by atoms with Crippen molar-refractivity contribution < 1.29 is 14.3 Å². The molecule has 0 amide bonds. The van der Waals surface area contributed by atoms with Crippen LogP contribution in [0.2, 0.25) is 0 Å². The minimum absolute atomic E-state index is 0.307. The van der Waals surface area contributed by atoms with Crippen molar-refractivity contribution in [1.29, 1.82) is 5.26 Å². The smallest absolute Gasteiger partial charge is 0.346 e. The summed E-state index contributed by atoms with van der Waals surface area (Å²) in [5.74, 6) is -1.56. The van der Waals surface area contributed by atoms with Gasteiger partial charge in [0.25, 0.3) is 0 Å². The molecule has 0 bridgehead atoms. The second-order valence-electron chi connectivity index (χ2n) is 3.68. The van der Waals surface area contributed by atoms with Gasteiger partial charge in [0.15, 0.2) is 0 Å². The largest absolute Gasteiger partial charge is 0.477 e. The molecule has 1 N–H and O–H groups in total. The fourth-order valence-electron chi connectivity index (χ4n) is 1.48. The van der Waals surface area contributed by atoms with Crippen molar-refractivity contribution in [3.63, 3.8) is 0 Å². The quantitative estimate of drug-likeness (QED) is 0.687. The van der Waals surface area contributed by atoms with E-state index in [-0.39, 0.29) is 11.4 Å². The van der Waals surface area contributed by atoms with Crippen LogP contribution in [0.4, 0.5) is 4.39 Å². The van der Waals surface area contributed by atoms with Gasteiger partial charge >= 0.3 is 5.97 Å². The van der Waals surface area contributed by atoms with Crippen LogP contribution in [-0.2, 0) is 4.79 Å². The Morgan fingerprint density at radius 1 is 1.26 bits per heavy atom. The molecule has 0 aliphatic carbocycles. The van der Waals surface area contributed by atoms with Gasteiger partial charge in [0.1, 0.15) is 17.5 Å². The minimum Gasteiger partial charge on any atom is -0.477 e. The van der Waals surface area contributed by atoms with Crippen LogP contribution in [0, 0.1) is 17.1 Å². The molecule has 19 heavy (non-hydrogen) atoms. The number of rotatable bonds is 3. The van der Waals surface area contributed by atoms with Gasteiger partial charge in [-0.3, -0.25) is 0 Å². The molecule has 94 valence electrons. The van der Waals surface area contributed by atoms with Gasteiger partial charge in [0, 0.05) is 9.75 Å². The highest BCUT2D eigenvalue weighted by Crippen LogP contribution is 2.29. The zero-order valence-electron chi connectivity index (χ0n) is 9.63. The Kier molecular flexibility index (Phi) is 3.74. The van der Waals surface area contributed by atoms with Crippen LogP contribution in [0.25, 0.3) is 16.5 Å². The summed E-state index contributed by atoms with van der Waals surface area (Å²) in [5, 5.41) is 17.4. The van der Waals surface area contributed by atoms with Gasteiger partial charge in [-0.25, -0.2) is 9.18 Å². The summed E-state index contributed by atoms with van der Waals surface area (Å²) in [6.45, 7) is 0. The lowest BCUT2D eigenvalue weighted by Gasteiger charge is -1.95. The Hall–Kier alpha value is -2.45. The number of carboxylic acid groups (broad SMARTS) is 1. The minimum atomic E-state index is -1.25. The first-order valence-corrected chi connectivity index (χ1v) is 6.12. The molecule has 1 heterocycles. The summed E-state index contributed by atoms with van der Waals surface area (Å²) in [5.41, 5.74) is 0.535. The molecule has 5 heteroatoms. The summed E-state index contributed by atoms with van der Waals surface area (Å²) >= 11 is 1.34. The van der Waals surface area contributed by atoms with Crippen LogP contribution in [0.1, 0.15) is 4.88 Å². The van der Waals surface area contributed by atoms with E-state index in [1.807, 2.05) is 0 Å². The van der Waals surface area contributed by atoms with Crippen LogP contribution in [0.15, 0.2) is 42.0 Å². The van der Waals surface area contributed by atoms with Gasteiger partial charge in [0.05, 0.1) is 0 Å². The van der Waals surface area contributed by atoms with Crippen LogP contribution in [0.5, 0.6) is 0 Å². The number of hydrogen-bond donors (Lipinski definition) is 1. The Balaban J connectivity index is 2.32. The molecule has 0 saturated carbocycles. The molecule has 0 fully saturated rings. The standard InChI is InChI=1S/C14H8FNO2S/c15-11-3-1-9(2-4-11)13-6-5-12(19-13)7-10(8-16)14(17)18/h1-7H,(H,17,18)/b10-7+. The summed E-state index contributed by atoms with van der Waals surface area (Å²) in [6.07, 6.45) is 1.32. The molecule has 0 saturated heterocycles. The first-order chi connectivity index (χ1) is 9.10. The maximum absolute atomic E-state index is 12.8. The van der Waals surface area contributed by atoms with Crippen LogP contribution in [-0.4, -0.2) is 11.1 Å². The highest BCUT2D eigenvalue weighted by Gasteiger charge is 2.07. The van der Waals surface area contributed by atoms with Crippen molar-refractivity contribution in [3.05, 3.63) is 52.7 Å². The average molecular weight is 273 g/mol.